The maximum Gasteiger partial charge on any atom is 0.329 e. The van der Waals surface area contributed by atoms with E-state index >= 15 is 0 Å². The summed E-state index contributed by atoms with van der Waals surface area (Å²) >= 11 is 0. The molecular weight excluding hydrogens is 262 g/mol. The molecule has 20 heavy (non-hydrogen) atoms. The molecule has 0 saturated carbocycles. The van der Waals surface area contributed by atoms with E-state index in [2.05, 4.69) is 0 Å². The van der Waals surface area contributed by atoms with E-state index in [0.29, 0.717) is 17.1 Å². The van der Waals surface area contributed by atoms with Gasteiger partial charge in [0.15, 0.2) is 11.5 Å². The van der Waals surface area contributed by atoms with Crippen molar-refractivity contribution in [2.24, 2.45) is 0 Å². The second kappa shape index (κ2) is 5.81. The highest BCUT2D eigenvalue weighted by Crippen LogP contribution is 2.28. The van der Waals surface area contributed by atoms with Crippen molar-refractivity contribution >= 4 is 11.9 Å². The van der Waals surface area contributed by atoms with Gasteiger partial charge in [-0.2, -0.15) is 0 Å². The molecule has 0 unspecified atom stereocenters. The number of rotatable bonds is 5. The van der Waals surface area contributed by atoms with Crippen molar-refractivity contribution in [1.29, 1.82) is 0 Å². The highest BCUT2D eigenvalue weighted by atomic mass is 16.5. The summed E-state index contributed by atoms with van der Waals surface area (Å²) in [5.41, 5.74) is -0.968. The SMILES string of the molecule is COc1ccc(C(=O)N(C)C(C)(C)C(=O)O)cc1OC. The number of amides is 1. The number of nitrogens with zero attached hydrogens (tertiary/aromatic N) is 1. The summed E-state index contributed by atoms with van der Waals surface area (Å²) in [7, 11) is 4.42. The second-order valence-corrected chi connectivity index (χ2v) is 4.80. The van der Waals surface area contributed by atoms with Crippen LogP contribution in [0.15, 0.2) is 18.2 Å². The lowest BCUT2D eigenvalue weighted by molar-refractivity contribution is -0.147. The Morgan fingerprint density at radius 3 is 2.15 bits per heavy atom. The molecule has 0 atom stereocenters. The molecule has 110 valence electrons. The summed E-state index contributed by atoms with van der Waals surface area (Å²) in [6.07, 6.45) is 0. The van der Waals surface area contributed by atoms with Crippen LogP contribution in [0, 0.1) is 0 Å². The van der Waals surface area contributed by atoms with E-state index in [1.165, 1.54) is 46.1 Å². The van der Waals surface area contributed by atoms with Crippen LogP contribution < -0.4 is 9.47 Å². The largest absolute Gasteiger partial charge is 0.493 e. The molecule has 6 heteroatoms. The maximum atomic E-state index is 12.3. The van der Waals surface area contributed by atoms with E-state index in [1.54, 1.807) is 12.1 Å². The fourth-order valence-corrected chi connectivity index (χ4v) is 1.56. The highest BCUT2D eigenvalue weighted by Gasteiger charge is 2.35. The number of hydrogen-bond donors (Lipinski definition) is 1. The molecule has 1 aromatic rings. The maximum absolute atomic E-state index is 12.3. The first-order valence-corrected chi connectivity index (χ1v) is 5.99. The van der Waals surface area contributed by atoms with Crippen molar-refractivity contribution in [2.45, 2.75) is 19.4 Å². The minimum atomic E-state index is -1.30. The van der Waals surface area contributed by atoms with Crippen LogP contribution in [0.1, 0.15) is 24.2 Å². The minimum Gasteiger partial charge on any atom is -0.493 e. The Morgan fingerprint density at radius 1 is 1.15 bits per heavy atom. The molecule has 1 N–H and O–H groups in total. The number of benzene rings is 1. The van der Waals surface area contributed by atoms with E-state index in [-0.39, 0.29) is 0 Å². The lowest BCUT2D eigenvalue weighted by Gasteiger charge is -2.31. The van der Waals surface area contributed by atoms with E-state index in [0.717, 1.165) is 0 Å². The first-order valence-electron chi connectivity index (χ1n) is 5.99. The predicted octanol–water partition coefficient (Wildman–Crippen LogP) is 1.64. The Morgan fingerprint density at radius 2 is 1.70 bits per heavy atom. The van der Waals surface area contributed by atoms with Gasteiger partial charge in [-0.3, -0.25) is 4.79 Å². The minimum absolute atomic E-state index is 0.333. The molecular formula is C14H19NO5. The third kappa shape index (κ3) is 2.84. The molecule has 0 spiro atoms. The van der Waals surface area contributed by atoms with Gasteiger partial charge in [-0.05, 0) is 32.0 Å². The van der Waals surface area contributed by atoms with Gasteiger partial charge >= 0.3 is 5.97 Å². The van der Waals surface area contributed by atoms with Gasteiger partial charge in [-0.1, -0.05) is 0 Å². The quantitative estimate of drug-likeness (QED) is 0.888. The van der Waals surface area contributed by atoms with Crippen LogP contribution >= 0.6 is 0 Å². The Bertz CT molecular complexity index is 524. The number of methoxy groups -OCH3 is 2. The van der Waals surface area contributed by atoms with Gasteiger partial charge < -0.3 is 19.5 Å². The van der Waals surface area contributed by atoms with Crippen LogP contribution in [-0.2, 0) is 4.79 Å². The number of carbonyl (C=O) groups is 2. The van der Waals surface area contributed by atoms with Crippen molar-refractivity contribution in [3.63, 3.8) is 0 Å². The standard InChI is InChI=1S/C14H19NO5/c1-14(2,13(17)18)15(3)12(16)9-6-7-10(19-4)11(8-9)20-5/h6-8H,1-5H3,(H,17,18). The Labute approximate surface area is 117 Å². The number of aliphatic carboxylic acids is 1. The zero-order valence-electron chi connectivity index (χ0n) is 12.3. The van der Waals surface area contributed by atoms with Crippen LogP contribution in [0.25, 0.3) is 0 Å². The topological polar surface area (TPSA) is 76.1 Å². The molecule has 0 heterocycles. The summed E-state index contributed by atoms with van der Waals surface area (Å²) in [6, 6.07) is 4.70. The molecule has 0 aliphatic heterocycles. The molecule has 0 saturated heterocycles. The van der Waals surface area contributed by atoms with Gasteiger partial charge in [-0.15, -0.1) is 0 Å². The Balaban J connectivity index is 3.13. The van der Waals surface area contributed by atoms with Crippen LogP contribution in [0.4, 0.5) is 0 Å². The molecule has 0 bridgehead atoms. The second-order valence-electron chi connectivity index (χ2n) is 4.80. The molecule has 1 aromatic carbocycles. The van der Waals surface area contributed by atoms with Gasteiger partial charge in [0.05, 0.1) is 14.2 Å². The zero-order valence-corrected chi connectivity index (χ0v) is 12.3. The van der Waals surface area contributed by atoms with Gasteiger partial charge in [0.25, 0.3) is 5.91 Å². The molecule has 0 aromatic heterocycles. The van der Waals surface area contributed by atoms with Crippen molar-refractivity contribution in [3.05, 3.63) is 23.8 Å². The Kier molecular flexibility index (Phi) is 4.60. The van der Waals surface area contributed by atoms with Crippen molar-refractivity contribution in [3.8, 4) is 11.5 Å². The van der Waals surface area contributed by atoms with Gasteiger partial charge in [-0.25, -0.2) is 4.79 Å². The lowest BCUT2D eigenvalue weighted by Crippen LogP contribution is -2.50. The average Bonchev–Trinajstić information content (AvgIpc) is 2.44. The van der Waals surface area contributed by atoms with Gasteiger partial charge in [0, 0.05) is 12.6 Å². The molecule has 6 nitrogen and oxygen atoms in total. The van der Waals surface area contributed by atoms with Crippen molar-refractivity contribution < 1.29 is 24.2 Å². The molecule has 0 aliphatic carbocycles. The van der Waals surface area contributed by atoms with Crippen molar-refractivity contribution in [1.82, 2.24) is 4.90 Å². The van der Waals surface area contributed by atoms with Crippen molar-refractivity contribution in [2.75, 3.05) is 21.3 Å². The number of likely N-dealkylation sites (N-methyl/N-ethyl adjacent to an activating group) is 1. The number of ether oxygens (including phenoxy) is 2. The zero-order chi connectivity index (χ0) is 15.5. The van der Waals surface area contributed by atoms with Crippen LogP contribution in [0.5, 0.6) is 11.5 Å². The molecule has 1 rings (SSSR count). The van der Waals surface area contributed by atoms with E-state index in [9.17, 15) is 9.59 Å². The third-order valence-corrected chi connectivity index (χ3v) is 3.30. The lowest BCUT2D eigenvalue weighted by atomic mass is 10.0. The van der Waals surface area contributed by atoms with E-state index < -0.39 is 17.4 Å². The molecule has 0 aliphatic rings. The monoisotopic (exact) mass is 281 g/mol. The van der Waals surface area contributed by atoms with Crippen LogP contribution in [0.3, 0.4) is 0 Å². The number of carboxylic acids is 1. The van der Waals surface area contributed by atoms with Crippen LogP contribution in [0.2, 0.25) is 0 Å². The summed E-state index contributed by atoms with van der Waals surface area (Å²) in [4.78, 5) is 24.7. The van der Waals surface area contributed by atoms with E-state index in [1.807, 2.05) is 0 Å². The fourth-order valence-electron chi connectivity index (χ4n) is 1.56. The highest BCUT2D eigenvalue weighted by molar-refractivity contribution is 5.98. The normalized spacial score (nSPS) is 10.8. The third-order valence-electron chi connectivity index (χ3n) is 3.30. The number of carbonyl (C=O) groups excluding carboxylic acids is 1. The summed E-state index contributed by atoms with van der Waals surface area (Å²) < 4.78 is 10.2. The summed E-state index contributed by atoms with van der Waals surface area (Å²) in [5.74, 6) is -0.559. The van der Waals surface area contributed by atoms with E-state index in [4.69, 9.17) is 14.6 Å². The molecule has 0 radical (unpaired) electrons. The molecule has 0 fully saturated rings. The smallest absolute Gasteiger partial charge is 0.329 e. The Hall–Kier alpha value is -2.24. The van der Waals surface area contributed by atoms with Gasteiger partial charge in [0.2, 0.25) is 0 Å². The van der Waals surface area contributed by atoms with Gasteiger partial charge in [0.1, 0.15) is 5.54 Å². The molecule has 1 amide bonds. The first kappa shape index (κ1) is 15.8. The van der Waals surface area contributed by atoms with Crippen LogP contribution in [-0.4, -0.2) is 48.7 Å². The number of hydrogen-bond acceptors (Lipinski definition) is 4. The predicted molar refractivity (Wildman–Crippen MR) is 73.4 cm³/mol. The first-order chi connectivity index (χ1) is 9.25. The fraction of sp³-hybridized carbons (Fsp3) is 0.429. The summed E-state index contributed by atoms with van der Waals surface area (Å²) in [6.45, 7) is 2.93. The number of carboxylic acid groups (broad SMARTS) is 1. The summed E-state index contributed by atoms with van der Waals surface area (Å²) in [5, 5.41) is 9.15. The average molecular weight is 281 g/mol.